The molecule has 1 unspecified atom stereocenters. The maximum atomic E-state index is 13.1. The molecule has 3 N–H and O–H groups in total. The number of sulfonamides is 1. The minimum atomic E-state index is -3.80. The average Bonchev–Trinajstić information content (AvgIpc) is 2.71. The van der Waals surface area contributed by atoms with Crippen molar-refractivity contribution >= 4 is 21.6 Å². The van der Waals surface area contributed by atoms with E-state index in [2.05, 4.69) is 0 Å². The van der Waals surface area contributed by atoms with Crippen molar-refractivity contribution in [1.82, 2.24) is 0 Å². The van der Waals surface area contributed by atoms with Gasteiger partial charge in [0.15, 0.2) is 0 Å². The predicted molar refractivity (Wildman–Crippen MR) is 66.2 cm³/mol. The Morgan fingerprint density at radius 2 is 2.16 bits per heavy atom. The molecule has 0 saturated carbocycles. The number of aliphatic hydroxyl groups is 1. The van der Waals surface area contributed by atoms with Gasteiger partial charge in [-0.2, -0.15) is 0 Å². The molecule has 1 fully saturated rings. The molecule has 8 heteroatoms. The zero-order valence-electron chi connectivity index (χ0n) is 9.91. The first-order valence-electron chi connectivity index (χ1n) is 5.54. The van der Waals surface area contributed by atoms with Gasteiger partial charge in [0.1, 0.15) is 11.1 Å². The summed E-state index contributed by atoms with van der Waals surface area (Å²) in [6.45, 7) is -0.535. The van der Waals surface area contributed by atoms with E-state index >= 15 is 0 Å². The highest BCUT2D eigenvalue weighted by Gasteiger charge is 2.37. The third-order valence-corrected chi connectivity index (χ3v) is 4.30. The summed E-state index contributed by atoms with van der Waals surface area (Å²) in [4.78, 5) is 13.0. The van der Waals surface area contributed by atoms with Gasteiger partial charge in [-0.25, -0.2) is 17.9 Å². The van der Waals surface area contributed by atoms with Gasteiger partial charge in [-0.15, -0.1) is 0 Å². The van der Waals surface area contributed by atoms with Crippen LogP contribution in [-0.2, 0) is 21.4 Å². The first-order valence-corrected chi connectivity index (χ1v) is 7.15. The SMILES string of the molecule is NS(=O)(=O)C1CC(=O)N(c2ccc(F)cc2CO)C1. The van der Waals surface area contributed by atoms with Crippen LogP contribution in [0, 0.1) is 5.82 Å². The molecular weight excluding hydrogens is 275 g/mol. The maximum Gasteiger partial charge on any atom is 0.228 e. The summed E-state index contributed by atoms with van der Waals surface area (Å²) in [5.41, 5.74) is 0.531. The fourth-order valence-corrected chi connectivity index (χ4v) is 2.80. The Balaban J connectivity index is 2.36. The summed E-state index contributed by atoms with van der Waals surface area (Å²) >= 11 is 0. The minimum absolute atomic E-state index is 0.0870. The minimum Gasteiger partial charge on any atom is -0.392 e. The highest BCUT2D eigenvalue weighted by Crippen LogP contribution is 2.28. The van der Waals surface area contributed by atoms with E-state index in [0.717, 1.165) is 12.1 Å². The number of aliphatic hydroxyl groups excluding tert-OH is 1. The monoisotopic (exact) mass is 288 g/mol. The number of amides is 1. The molecule has 0 bridgehead atoms. The molecule has 0 radical (unpaired) electrons. The molecule has 0 spiro atoms. The van der Waals surface area contributed by atoms with E-state index in [1.807, 2.05) is 0 Å². The number of nitrogens with zero attached hydrogens (tertiary/aromatic N) is 1. The van der Waals surface area contributed by atoms with Gasteiger partial charge in [0.25, 0.3) is 0 Å². The van der Waals surface area contributed by atoms with Crippen molar-refractivity contribution in [3.8, 4) is 0 Å². The maximum absolute atomic E-state index is 13.1. The van der Waals surface area contributed by atoms with Crippen LogP contribution in [0.2, 0.25) is 0 Å². The van der Waals surface area contributed by atoms with Gasteiger partial charge in [0.05, 0.1) is 6.61 Å². The topological polar surface area (TPSA) is 101 Å². The van der Waals surface area contributed by atoms with Crippen LogP contribution in [0.5, 0.6) is 0 Å². The molecule has 104 valence electrons. The van der Waals surface area contributed by atoms with Crippen LogP contribution in [0.4, 0.5) is 10.1 Å². The van der Waals surface area contributed by atoms with Gasteiger partial charge in [0, 0.05) is 24.2 Å². The van der Waals surface area contributed by atoms with Crippen LogP contribution >= 0.6 is 0 Å². The Hall–Kier alpha value is -1.51. The van der Waals surface area contributed by atoms with Crippen LogP contribution in [-0.4, -0.2) is 31.2 Å². The molecular formula is C11H13FN2O4S. The molecule has 1 saturated heterocycles. The van der Waals surface area contributed by atoms with Crippen molar-refractivity contribution in [3.63, 3.8) is 0 Å². The predicted octanol–water partition coefficient (Wildman–Crippen LogP) is -0.288. The molecule has 0 aliphatic carbocycles. The molecule has 1 atom stereocenters. The first-order chi connectivity index (χ1) is 8.82. The average molecular weight is 288 g/mol. The van der Waals surface area contributed by atoms with E-state index in [0.29, 0.717) is 5.69 Å². The zero-order valence-corrected chi connectivity index (χ0v) is 10.7. The van der Waals surface area contributed by atoms with Crippen LogP contribution in [0.15, 0.2) is 18.2 Å². The summed E-state index contributed by atoms with van der Waals surface area (Å²) in [5, 5.41) is 13.2. The third kappa shape index (κ3) is 2.75. The van der Waals surface area contributed by atoms with Gasteiger partial charge in [-0.05, 0) is 18.2 Å². The number of benzene rings is 1. The Kier molecular flexibility index (Phi) is 3.57. The largest absolute Gasteiger partial charge is 0.392 e. The van der Waals surface area contributed by atoms with Gasteiger partial charge in [-0.3, -0.25) is 4.79 Å². The van der Waals surface area contributed by atoms with Crippen molar-refractivity contribution < 1.29 is 22.7 Å². The molecule has 1 aromatic rings. The van der Waals surface area contributed by atoms with E-state index in [1.165, 1.54) is 11.0 Å². The summed E-state index contributed by atoms with van der Waals surface area (Å²) in [6, 6.07) is 3.59. The number of carbonyl (C=O) groups excluding carboxylic acids is 1. The van der Waals surface area contributed by atoms with Gasteiger partial charge in [0.2, 0.25) is 15.9 Å². The number of nitrogens with two attached hydrogens (primary N) is 1. The number of hydrogen-bond donors (Lipinski definition) is 2. The zero-order chi connectivity index (χ0) is 14.2. The van der Waals surface area contributed by atoms with E-state index < -0.39 is 33.6 Å². The van der Waals surface area contributed by atoms with E-state index in [-0.39, 0.29) is 18.5 Å². The lowest BCUT2D eigenvalue weighted by atomic mass is 10.1. The summed E-state index contributed by atoms with van der Waals surface area (Å²) in [7, 11) is -3.80. The van der Waals surface area contributed by atoms with E-state index in [9.17, 15) is 17.6 Å². The molecule has 19 heavy (non-hydrogen) atoms. The van der Waals surface area contributed by atoms with Gasteiger partial charge in [-0.1, -0.05) is 0 Å². The standard InChI is InChI=1S/C11H13FN2O4S/c12-8-1-2-10(7(3-8)6-15)14-5-9(4-11(14)16)19(13,17)18/h1-3,9,15H,4-6H2,(H2,13,17,18). The molecule has 0 aromatic heterocycles. The molecule has 1 heterocycles. The lowest BCUT2D eigenvalue weighted by Gasteiger charge is -2.19. The number of rotatable bonds is 3. The second-order valence-electron chi connectivity index (χ2n) is 4.35. The smallest absolute Gasteiger partial charge is 0.228 e. The van der Waals surface area contributed by atoms with Crippen LogP contribution in [0.1, 0.15) is 12.0 Å². The Labute approximate surface area is 109 Å². The molecule has 1 aromatic carbocycles. The summed E-state index contributed by atoms with van der Waals surface area (Å²) < 4.78 is 35.6. The lowest BCUT2D eigenvalue weighted by molar-refractivity contribution is -0.117. The van der Waals surface area contributed by atoms with Crippen LogP contribution in [0.3, 0.4) is 0 Å². The molecule has 6 nitrogen and oxygen atoms in total. The highest BCUT2D eigenvalue weighted by atomic mass is 32.2. The second-order valence-corrected chi connectivity index (χ2v) is 6.20. The lowest BCUT2D eigenvalue weighted by Crippen LogP contribution is -2.32. The van der Waals surface area contributed by atoms with E-state index in [4.69, 9.17) is 10.2 Å². The highest BCUT2D eigenvalue weighted by molar-refractivity contribution is 7.89. The first kappa shape index (κ1) is 13.9. The van der Waals surface area contributed by atoms with E-state index in [1.54, 1.807) is 0 Å². The van der Waals surface area contributed by atoms with Gasteiger partial charge >= 0.3 is 0 Å². The summed E-state index contributed by atoms with van der Waals surface area (Å²) in [6.07, 6.45) is -0.207. The fraction of sp³-hybridized carbons (Fsp3) is 0.364. The molecule has 1 aliphatic heterocycles. The Bertz CT molecular complexity index is 617. The Morgan fingerprint density at radius 3 is 2.68 bits per heavy atom. The van der Waals surface area contributed by atoms with Crippen molar-refractivity contribution in [2.45, 2.75) is 18.3 Å². The normalized spacial score (nSPS) is 20.1. The number of hydrogen-bond acceptors (Lipinski definition) is 4. The second kappa shape index (κ2) is 4.87. The number of halogens is 1. The molecule has 2 rings (SSSR count). The number of anilines is 1. The van der Waals surface area contributed by atoms with Crippen molar-refractivity contribution in [2.75, 3.05) is 11.4 Å². The van der Waals surface area contributed by atoms with Crippen molar-refractivity contribution in [2.24, 2.45) is 5.14 Å². The Morgan fingerprint density at radius 1 is 1.47 bits per heavy atom. The molecule has 1 aliphatic rings. The number of carbonyl (C=O) groups is 1. The van der Waals surface area contributed by atoms with Gasteiger partial charge < -0.3 is 10.0 Å². The van der Waals surface area contributed by atoms with Crippen LogP contribution < -0.4 is 10.0 Å². The quantitative estimate of drug-likeness (QED) is 0.798. The fourth-order valence-electron chi connectivity index (χ4n) is 2.07. The van der Waals surface area contributed by atoms with Crippen molar-refractivity contribution in [3.05, 3.63) is 29.6 Å². The van der Waals surface area contributed by atoms with Crippen LogP contribution in [0.25, 0.3) is 0 Å². The van der Waals surface area contributed by atoms with Crippen molar-refractivity contribution in [1.29, 1.82) is 0 Å². The summed E-state index contributed by atoms with van der Waals surface area (Å²) in [5.74, 6) is -0.956. The molecule has 1 amide bonds. The number of primary sulfonamides is 1. The third-order valence-electron chi connectivity index (χ3n) is 3.06.